The fraction of sp³-hybridized carbons (Fsp3) is 0.421. The molecule has 0 atom stereocenters. The smallest absolute Gasteiger partial charge is 0.320 e. The second-order valence-electron chi connectivity index (χ2n) is 6.26. The van der Waals surface area contributed by atoms with Crippen molar-refractivity contribution in [1.82, 2.24) is 19.8 Å². The molecule has 0 saturated carbocycles. The zero-order valence-electron chi connectivity index (χ0n) is 15.4. The molecule has 0 radical (unpaired) electrons. The van der Waals surface area contributed by atoms with E-state index in [0.717, 1.165) is 44.0 Å². The fourth-order valence-corrected chi connectivity index (χ4v) is 3.06. The van der Waals surface area contributed by atoms with Crippen LogP contribution < -0.4 is 9.47 Å². The van der Waals surface area contributed by atoms with Crippen molar-refractivity contribution in [1.29, 1.82) is 0 Å². The predicted molar refractivity (Wildman–Crippen MR) is 98.1 cm³/mol. The quantitative estimate of drug-likeness (QED) is 0.814. The summed E-state index contributed by atoms with van der Waals surface area (Å²) in [6.07, 6.45) is 0. The van der Waals surface area contributed by atoms with Crippen molar-refractivity contribution in [2.24, 2.45) is 0 Å². The lowest BCUT2D eigenvalue weighted by Gasteiger charge is -2.34. The Morgan fingerprint density at radius 3 is 2.50 bits per heavy atom. The van der Waals surface area contributed by atoms with Crippen LogP contribution in [0.25, 0.3) is 11.3 Å². The molecule has 0 N–H and O–H groups in total. The van der Waals surface area contributed by atoms with Crippen LogP contribution in [-0.2, 0) is 11.3 Å². The molecule has 0 aliphatic carbocycles. The Morgan fingerprint density at radius 2 is 1.85 bits per heavy atom. The lowest BCUT2D eigenvalue weighted by Crippen LogP contribution is -2.47. The minimum Gasteiger partial charge on any atom is -0.481 e. The van der Waals surface area contributed by atoms with E-state index in [1.807, 2.05) is 17.0 Å². The minimum absolute atomic E-state index is 0.151. The topological polar surface area (TPSA) is 67.8 Å². The summed E-state index contributed by atoms with van der Waals surface area (Å²) >= 11 is 0. The van der Waals surface area contributed by atoms with Gasteiger partial charge in [-0.2, -0.15) is 9.97 Å². The Balaban J connectivity index is 1.74. The maximum absolute atomic E-state index is 11.4. The molecule has 1 saturated heterocycles. The van der Waals surface area contributed by atoms with Crippen LogP contribution in [-0.4, -0.2) is 66.1 Å². The lowest BCUT2D eigenvalue weighted by atomic mass is 10.1. The summed E-state index contributed by atoms with van der Waals surface area (Å²) in [5.41, 5.74) is 2.95. The van der Waals surface area contributed by atoms with Gasteiger partial charge in [0.2, 0.25) is 11.8 Å². The third-order valence-electron chi connectivity index (χ3n) is 4.52. The summed E-state index contributed by atoms with van der Waals surface area (Å²) in [7, 11) is 3.11. The normalized spacial score (nSPS) is 15.0. The second kappa shape index (κ2) is 8.14. The molecule has 7 nitrogen and oxygen atoms in total. The molecule has 2 aromatic rings. The number of carbonyl (C=O) groups excluding carboxylic acids is 1. The van der Waals surface area contributed by atoms with E-state index in [2.05, 4.69) is 27.0 Å². The molecule has 7 heteroatoms. The zero-order valence-corrected chi connectivity index (χ0v) is 15.4. The molecule has 1 aliphatic heterocycles. The van der Waals surface area contributed by atoms with Crippen LogP contribution in [0, 0.1) is 0 Å². The minimum atomic E-state index is 0.151. The average molecular weight is 356 g/mol. The first-order chi connectivity index (χ1) is 12.6. The first kappa shape index (κ1) is 18.1. The number of nitrogens with zero attached hydrogens (tertiary/aromatic N) is 4. The Morgan fingerprint density at radius 1 is 1.08 bits per heavy atom. The van der Waals surface area contributed by atoms with Crippen LogP contribution in [0.4, 0.5) is 0 Å². The van der Waals surface area contributed by atoms with Gasteiger partial charge in [0.05, 0.1) is 19.9 Å². The number of hydrogen-bond donors (Lipinski definition) is 0. The van der Waals surface area contributed by atoms with E-state index in [0.29, 0.717) is 5.88 Å². The summed E-state index contributed by atoms with van der Waals surface area (Å²) in [5.74, 6) is 0.621. The van der Waals surface area contributed by atoms with Gasteiger partial charge in [-0.3, -0.25) is 9.69 Å². The molecule has 2 heterocycles. The molecule has 1 aromatic heterocycles. The highest BCUT2D eigenvalue weighted by molar-refractivity contribution is 5.73. The molecule has 0 bridgehead atoms. The Bertz CT molecular complexity index is 751. The zero-order chi connectivity index (χ0) is 18.5. The molecule has 0 spiro atoms. The monoisotopic (exact) mass is 356 g/mol. The number of piperazine rings is 1. The van der Waals surface area contributed by atoms with Crippen molar-refractivity contribution in [3.05, 3.63) is 35.9 Å². The van der Waals surface area contributed by atoms with Gasteiger partial charge in [0.1, 0.15) is 0 Å². The van der Waals surface area contributed by atoms with Gasteiger partial charge in [0.15, 0.2) is 0 Å². The second-order valence-corrected chi connectivity index (χ2v) is 6.26. The van der Waals surface area contributed by atoms with Crippen molar-refractivity contribution in [3.63, 3.8) is 0 Å². The van der Waals surface area contributed by atoms with Gasteiger partial charge in [-0.15, -0.1) is 0 Å². The highest BCUT2D eigenvalue weighted by atomic mass is 16.5. The van der Waals surface area contributed by atoms with E-state index in [1.165, 1.54) is 12.7 Å². The number of benzene rings is 1. The summed E-state index contributed by atoms with van der Waals surface area (Å²) in [6, 6.07) is 10.4. The van der Waals surface area contributed by atoms with E-state index in [9.17, 15) is 4.79 Å². The summed E-state index contributed by atoms with van der Waals surface area (Å²) in [5, 5.41) is 0. The average Bonchev–Trinajstić information content (AvgIpc) is 2.68. The molecule has 1 amide bonds. The van der Waals surface area contributed by atoms with Gasteiger partial charge >= 0.3 is 6.01 Å². The lowest BCUT2D eigenvalue weighted by molar-refractivity contribution is -0.130. The molecule has 1 fully saturated rings. The van der Waals surface area contributed by atoms with Gasteiger partial charge in [-0.1, -0.05) is 18.2 Å². The highest BCUT2D eigenvalue weighted by Crippen LogP contribution is 2.24. The largest absolute Gasteiger partial charge is 0.481 e. The van der Waals surface area contributed by atoms with Crippen LogP contribution in [0.5, 0.6) is 11.9 Å². The van der Waals surface area contributed by atoms with Gasteiger partial charge in [-0.25, -0.2) is 0 Å². The predicted octanol–water partition coefficient (Wildman–Crippen LogP) is 1.82. The third-order valence-corrected chi connectivity index (χ3v) is 4.52. The standard InChI is InChI=1S/C19H24N4O3/c1-14(24)23-9-7-22(8-10-23)13-15-5-4-6-16(11-15)17-12-18(25-2)21-19(20-17)26-3/h4-6,11-12H,7-10,13H2,1-3H3. The molecular formula is C19H24N4O3. The summed E-state index contributed by atoms with van der Waals surface area (Å²) in [4.78, 5) is 24.3. The molecular weight excluding hydrogens is 332 g/mol. The molecule has 3 rings (SSSR count). The number of ether oxygens (including phenoxy) is 2. The van der Waals surface area contributed by atoms with Crippen LogP contribution in [0.1, 0.15) is 12.5 Å². The van der Waals surface area contributed by atoms with Crippen molar-refractivity contribution in [3.8, 4) is 23.1 Å². The van der Waals surface area contributed by atoms with Crippen molar-refractivity contribution >= 4 is 5.91 Å². The third kappa shape index (κ3) is 4.29. The van der Waals surface area contributed by atoms with E-state index in [4.69, 9.17) is 9.47 Å². The first-order valence-corrected chi connectivity index (χ1v) is 8.63. The summed E-state index contributed by atoms with van der Waals surface area (Å²) in [6.45, 7) is 5.82. The molecule has 1 aromatic carbocycles. The molecule has 0 unspecified atom stereocenters. The van der Waals surface area contributed by atoms with Crippen LogP contribution in [0.2, 0.25) is 0 Å². The molecule has 138 valence electrons. The molecule has 26 heavy (non-hydrogen) atoms. The Labute approximate surface area is 153 Å². The van der Waals surface area contributed by atoms with Gasteiger partial charge in [-0.05, 0) is 11.6 Å². The summed E-state index contributed by atoms with van der Waals surface area (Å²) < 4.78 is 10.4. The number of methoxy groups -OCH3 is 2. The first-order valence-electron chi connectivity index (χ1n) is 8.63. The number of amides is 1. The van der Waals surface area contributed by atoms with Gasteiger partial charge in [0.25, 0.3) is 0 Å². The maximum Gasteiger partial charge on any atom is 0.320 e. The number of aromatic nitrogens is 2. The Kier molecular flexibility index (Phi) is 5.68. The Hall–Kier alpha value is -2.67. The number of rotatable bonds is 5. The van der Waals surface area contributed by atoms with Crippen molar-refractivity contribution in [2.45, 2.75) is 13.5 Å². The van der Waals surface area contributed by atoms with Gasteiger partial charge in [0, 0.05) is 51.3 Å². The maximum atomic E-state index is 11.4. The van der Waals surface area contributed by atoms with Crippen LogP contribution in [0.3, 0.4) is 0 Å². The van der Waals surface area contributed by atoms with E-state index < -0.39 is 0 Å². The molecule has 1 aliphatic rings. The number of hydrogen-bond acceptors (Lipinski definition) is 6. The van der Waals surface area contributed by atoms with Crippen LogP contribution >= 0.6 is 0 Å². The van der Waals surface area contributed by atoms with E-state index in [-0.39, 0.29) is 11.9 Å². The SMILES string of the molecule is COc1cc(-c2cccc(CN3CCN(C(C)=O)CC3)c2)nc(OC)n1. The van der Waals surface area contributed by atoms with Crippen LogP contribution in [0.15, 0.2) is 30.3 Å². The van der Waals surface area contributed by atoms with Gasteiger partial charge < -0.3 is 14.4 Å². The fourth-order valence-electron chi connectivity index (χ4n) is 3.06. The van der Waals surface area contributed by atoms with E-state index >= 15 is 0 Å². The highest BCUT2D eigenvalue weighted by Gasteiger charge is 2.18. The van der Waals surface area contributed by atoms with Crippen molar-refractivity contribution in [2.75, 3.05) is 40.4 Å². The number of carbonyl (C=O) groups is 1. The van der Waals surface area contributed by atoms with Crippen molar-refractivity contribution < 1.29 is 14.3 Å². The van der Waals surface area contributed by atoms with E-state index in [1.54, 1.807) is 20.1 Å².